The SMILES string of the molecule is CC(=O)N[C@@H](Cc1ccccc1)C(=O)N[C@H](Cc1ccccc1I)C(N)=O. The Morgan fingerprint density at radius 2 is 1.56 bits per heavy atom. The molecular formula is C20H22IN3O3. The number of hydrogen-bond donors (Lipinski definition) is 3. The number of primary amides is 1. The minimum atomic E-state index is -0.861. The van der Waals surface area contributed by atoms with Gasteiger partial charge in [-0.05, 0) is 39.8 Å². The maximum Gasteiger partial charge on any atom is 0.243 e. The molecule has 2 rings (SSSR count). The van der Waals surface area contributed by atoms with Crippen LogP contribution in [-0.4, -0.2) is 29.8 Å². The van der Waals surface area contributed by atoms with E-state index in [4.69, 9.17) is 5.73 Å². The van der Waals surface area contributed by atoms with Crippen LogP contribution in [0.4, 0.5) is 0 Å². The van der Waals surface area contributed by atoms with Crippen LogP contribution in [0, 0.1) is 3.57 Å². The summed E-state index contributed by atoms with van der Waals surface area (Å²) in [4.78, 5) is 36.1. The fourth-order valence-electron chi connectivity index (χ4n) is 2.68. The monoisotopic (exact) mass is 479 g/mol. The number of benzene rings is 2. The van der Waals surface area contributed by atoms with Gasteiger partial charge in [-0.2, -0.15) is 0 Å². The first-order valence-corrected chi connectivity index (χ1v) is 9.59. The van der Waals surface area contributed by atoms with Crippen LogP contribution in [0.1, 0.15) is 18.1 Å². The van der Waals surface area contributed by atoms with Gasteiger partial charge in [0.25, 0.3) is 0 Å². The number of rotatable bonds is 8. The van der Waals surface area contributed by atoms with Crippen molar-refractivity contribution in [1.82, 2.24) is 10.6 Å². The van der Waals surface area contributed by atoms with E-state index in [0.717, 1.165) is 14.7 Å². The standard InChI is InChI=1S/C20H22IN3O3/c1-13(25)23-18(11-14-7-3-2-4-8-14)20(27)24-17(19(22)26)12-15-9-5-6-10-16(15)21/h2-10,17-18H,11-12H2,1H3,(H2,22,26)(H,23,25)(H,24,27)/t17-,18+/m1/s1. The van der Waals surface area contributed by atoms with Crippen molar-refractivity contribution in [2.24, 2.45) is 5.73 Å². The lowest BCUT2D eigenvalue weighted by Crippen LogP contribution is -2.54. The predicted molar refractivity (Wildman–Crippen MR) is 112 cm³/mol. The molecule has 2 atom stereocenters. The molecule has 0 aliphatic heterocycles. The van der Waals surface area contributed by atoms with E-state index >= 15 is 0 Å². The first kappa shape index (κ1) is 20.9. The van der Waals surface area contributed by atoms with Crippen LogP contribution in [0.25, 0.3) is 0 Å². The van der Waals surface area contributed by atoms with Crippen molar-refractivity contribution in [3.63, 3.8) is 0 Å². The van der Waals surface area contributed by atoms with Gasteiger partial charge >= 0.3 is 0 Å². The molecule has 6 nitrogen and oxygen atoms in total. The van der Waals surface area contributed by atoms with Crippen molar-refractivity contribution < 1.29 is 14.4 Å². The van der Waals surface area contributed by atoms with E-state index < -0.39 is 23.9 Å². The zero-order chi connectivity index (χ0) is 19.8. The van der Waals surface area contributed by atoms with Crippen molar-refractivity contribution in [2.45, 2.75) is 31.8 Å². The second-order valence-electron chi connectivity index (χ2n) is 6.20. The summed E-state index contributed by atoms with van der Waals surface area (Å²) in [6, 6.07) is 15.3. The summed E-state index contributed by atoms with van der Waals surface area (Å²) in [7, 11) is 0. The minimum Gasteiger partial charge on any atom is -0.368 e. The Morgan fingerprint density at radius 1 is 0.926 bits per heavy atom. The third kappa shape index (κ3) is 6.67. The zero-order valence-electron chi connectivity index (χ0n) is 14.9. The van der Waals surface area contributed by atoms with Gasteiger partial charge in [-0.1, -0.05) is 48.5 Å². The highest BCUT2D eigenvalue weighted by Gasteiger charge is 2.25. The highest BCUT2D eigenvalue weighted by Crippen LogP contribution is 2.14. The van der Waals surface area contributed by atoms with E-state index in [9.17, 15) is 14.4 Å². The molecule has 4 N–H and O–H groups in total. The maximum absolute atomic E-state index is 12.7. The van der Waals surface area contributed by atoms with Crippen LogP contribution >= 0.6 is 22.6 Å². The van der Waals surface area contributed by atoms with Gasteiger partial charge in [0.2, 0.25) is 17.7 Å². The fourth-order valence-corrected chi connectivity index (χ4v) is 3.29. The van der Waals surface area contributed by atoms with Gasteiger partial charge in [0.05, 0.1) is 0 Å². The molecule has 3 amide bonds. The Kier molecular flexibility index (Phi) is 7.78. The molecule has 0 unspecified atom stereocenters. The van der Waals surface area contributed by atoms with Crippen molar-refractivity contribution in [2.75, 3.05) is 0 Å². The van der Waals surface area contributed by atoms with E-state index in [0.29, 0.717) is 6.42 Å². The normalized spacial score (nSPS) is 12.7. The summed E-state index contributed by atoms with van der Waals surface area (Å²) in [5, 5.41) is 5.33. The Balaban J connectivity index is 2.13. The van der Waals surface area contributed by atoms with Gasteiger partial charge in [0.15, 0.2) is 0 Å². The van der Waals surface area contributed by atoms with E-state index in [1.54, 1.807) is 0 Å². The predicted octanol–water partition coefficient (Wildman–Crippen LogP) is 1.55. The second kappa shape index (κ2) is 10.1. The summed E-state index contributed by atoms with van der Waals surface area (Å²) < 4.78 is 0.985. The molecule has 2 aromatic rings. The highest BCUT2D eigenvalue weighted by atomic mass is 127. The molecule has 142 valence electrons. The molecular weight excluding hydrogens is 457 g/mol. The Hall–Kier alpha value is -2.42. The number of carbonyl (C=O) groups excluding carboxylic acids is 3. The van der Waals surface area contributed by atoms with Gasteiger partial charge in [-0.15, -0.1) is 0 Å². The third-order valence-corrected chi connectivity index (χ3v) is 5.07. The van der Waals surface area contributed by atoms with E-state index in [1.165, 1.54) is 6.92 Å². The van der Waals surface area contributed by atoms with E-state index in [-0.39, 0.29) is 12.3 Å². The lowest BCUT2D eigenvalue weighted by atomic mass is 10.0. The number of carbonyl (C=O) groups is 3. The van der Waals surface area contributed by atoms with Crippen molar-refractivity contribution >= 4 is 40.3 Å². The largest absolute Gasteiger partial charge is 0.368 e. The number of halogens is 1. The minimum absolute atomic E-state index is 0.290. The first-order valence-electron chi connectivity index (χ1n) is 8.51. The average molecular weight is 479 g/mol. The summed E-state index contributed by atoms with van der Waals surface area (Å²) in [6.45, 7) is 1.35. The van der Waals surface area contributed by atoms with Gasteiger partial charge in [-0.25, -0.2) is 0 Å². The average Bonchev–Trinajstić information content (AvgIpc) is 2.62. The molecule has 0 fully saturated rings. The molecule has 7 heteroatoms. The van der Waals surface area contributed by atoms with Gasteiger partial charge in [0.1, 0.15) is 12.1 Å². The van der Waals surface area contributed by atoms with Crippen LogP contribution in [0.2, 0.25) is 0 Å². The van der Waals surface area contributed by atoms with Crippen molar-refractivity contribution in [3.8, 4) is 0 Å². The Morgan fingerprint density at radius 3 is 2.15 bits per heavy atom. The molecule has 0 aliphatic rings. The number of nitrogens with one attached hydrogen (secondary N) is 2. The smallest absolute Gasteiger partial charge is 0.243 e. The fraction of sp³-hybridized carbons (Fsp3) is 0.250. The number of hydrogen-bond acceptors (Lipinski definition) is 3. The Bertz CT molecular complexity index is 811. The number of nitrogens with two attached hydrogens (primary N) is 1. The summed E-state index contributed by atoms with van der Waals surface area (Å²) >= 11 is 2.17. The number of amides is 3. The Labute approximate surface area is 172 Å². The lowest BCUT2D eigenvalue weighted by molar-refractivity contribution is -0.130. The molecule has 27 heavy (non-hydrogen) atoms. The molecule has 2 aromatic carbocycles. The molecule has 0 bridgehead atoms. The molecule has 0 saturated heterocycles. The topological polar surface area (TPSA) is 101 Å². The van der Waals surface area contributed by atoms with E-state index in [1.807, 2.05) is 54.6 Å². The quantitative estimate of drug-likeness (QED) is 0.501. The zero-order valence-corrected chi connectivity index (χ0v) is 17.1. The third-order valence-electron chi connectivity index (χ3n) is 4.02. The first-order chi connectivity index (χ1) is 12.9. The van der Waals surface area contributed by atoms with Crippen LogP contribution in [-0.2, 0) is 27.2 Å². The molecule has 0 aliphatic carbocycles. The van der Waals surface area contributed by atoms with Gasteiger partial charge in [-0.3, -0.25) is 14.4 Å². The van der Waals surface area contributed by atoms with Crippen LogP contribution < -0.4 is 16.4 Å². The second-order valence-corrected chi connectivity index (χ2v) is 7.36. The van der Waals surface area contributed by atoms with Crippen LogP contribution in [0.5, 0.6) is 0 Å². The lowest BCUT2D eigenvalue weighted by Gasteiger charge is -2.22. The molecule has 0 spiro atoms. The molecule has 0 saturated carbocycles. The molecule has 0 radical (unpaired) electrons. The summed E-state index contributed by atoms with van der Waals surface area (Å²) in [5.74, 6) is -1.38. The maximum atomic E-state index is 12.7. The van der Waals surface area contributed by atoms with Crippen molar-refractivity contribution in [1.29, 1.82) is 0 Å². The highest BCUT2D eigenvalue weighted by molar-refractivity contribution is 14.1. The van der Waals surface area contributed by atoms with Gasteiger partial charge in [0, 0.05) is 23.3 Å². The summed E-state index contributed by atoms with van der Waals surface area (Å²) in [6.07, 6.45) is 0.610. The van der Waals surface area contributed by atoms with Crippen LogP contribution in [0.3, 0.4) is 0 Å². The van der Waals surface area contributed by atoms with Crippen LogP contribution in [0.15, 0.2) is 54.6 Å². The van der Waals surface area contributed by atoms with Gasteiger partial charge < -0.3 is 16.4 Å². The molecule has 0 aromatic heterocycles. The summed E-state index contributed by atoms with van der Waals surface area (Å²) in [5.41, 5.74) is 7.31. The van der Waals surface area contributed by atoms with Crippen molar-refractivity contribution in [3.05, 3.63) is 69.3 Å². The van der Waals surface area contributed by atoms with E-state index in [2.05, 4.69) is 33.2 Å². The molecule has 0 heterocycles.